The van der Waals surface area contributed by atoms with E-state index in [4.69, 9.17) is 16.3 Å². The maximum Gasteiger partial charge on any atom is 0.263 e. The number of hydrogen-bond donors (Lipinski definition) is 1. The predicted octanol–water partition coefficient (Wildman–Crippen LogP) is 2.45. The average Bonchev–Trinajstić information content (AvgIpc) is 2.71. The summed E-state index contributed by atoms with van der Waals surface area (Å²) in [6, 6.07) is 5.89. The summed E-state index contributed by atoms with van der Waals surface area (Å²) < 4.78 is 5.89. The van der Waals surface area contributed by atoms with Gasteiger partial charge < -0.3 is 15.0 Å². The molecule has 4 nitrogen and oxygen atoms in total. The van der Waals surface area contributed by atoms with E-state index in [1.165, 1.54) is 0 Å². The Morgan fingerprint density at radius 1 is 1.50 bits per heavy atom. The van der Waals surface area contributed by atoms with Gasteiger partial charge in [-0.2, -0.15) is 0 Å². The number of likely N-dealkylation sites (tertiary alicyclic amines) is 1. The Kier molecular flexibility index (Phi) is 4.89. The van der Waals surface area contributed by atoms with E-state index in [2.05, 4.69) is 19.2 Å². The van der Waals surface area contributed by atoms with Gasteiger partial charge >= 0.3 is 0 Å². The van der Waals surface area contributed by atoms with Gasteiger partial charge in [-0.1, -0.05) is 25.4 Å². The molecule has 1 saturated heterocycles. The quantitative estimate of drug-likeness (QED) is 0.907. The zero-order valence-corrected chi connectivity index (χ0v) is 12.9. The molecular formula is C15H21ClN2O2. The van der Waals surface area contributed by atoms with Crippen LogP contribution in [0.5, 0.6) is 5.75 Å². The van der Waals surface area contributed by atoms with E-state index in [1.807, 2.05) is 12.1 Å². The molecule has 0 bridgehead atoms. The molecular weight excluding hydrogens is 276 g/mol. The van der Waals surface area contributed by atoms with E-state index in [9.17, 15) is 4.79 Å². The molecule has 1 unspecified atom stereocenters. The number of rotatable bonds is 5. The van der Waals surface area contributed by atoms with Gasteiger partial charge in [-0.25, -0.2) is 0 Å². The smallest absolute Gasteiger partial charge is 0.263 e. The van der Waals surface area contributed by atoms with E-state index >= 15 is 0 Å². The molecule has 1 N–H and O–H groups in total. The summed E-state index contributed by atoms with van der Waals surface area (Å²) >= 11 is 6.04. The van der Waals surface area contributed by atoms with Crippen molar-refractivity contribution in [2.24, 2.45) is 0 Å². The Balaban J connectivity index is 2.12. The fourth-order valence-corrected chi connectivity index (χ4v) is 2.36. The van der Waals surface area contributed by atoms with Gasteiger partial charge in [0.05, 0.1) is 0 Å². The van der Waals surface area contributed by atoms with Crippen molar-refractivity contribution in [3.63, 3.8) is 0 Å². The molecule has 0 saturated carbocycles. The fourth-order valence-electron chi connectivity index (χ4n) is 2.17. The summed E-state index contributed by atoms with van der Waals surface area (Å²) in [7, 11) is 1.80. The number of carbonyl (C=O) groups excluding carboxylic acids is 1. The second-order valence-corrected chi connectivity index (χ2v) is 5.88. The number of amides is 1. The number of likely N-dealkylation sites (N-methyl/N-ethyl adjacent to an activating group) is 1. The van der Waals surface area contributed by atoms with Gasteiger partial charge in [0, 0.05) is 43.2 Å². The molecule has 110 valence electrons. The van der Waals surface area contributed by atoms with Crippen molar-refractivity contribution in [1.29, 1.82) is 0 Å². The maximum atomic E-state index is 11.9. The predicted molar refractivity (Wildman–Crippen MR) is 80.1 cm³/mol. The van der Waals surface area contributed by atoms with Gasteiger partial charge in [-0.3, -0.25) is 4.79 Å². The summed E-state index contributed by atoms with van der Waals surface area (Å²) in [5, 5.41) is 4.01. The standard InChI is InChI=1S/C15H21ClN2O2/c1-10(2)17-9-11-8-12(16)4-5-13(11)20-14-6-7-18(3)15(14)19/h4-5,8,10,14,17H,6-7,9H2,1-3H3. The lowest BCUT2D eigenvalue weighted by molar-refractivity contribution is -0.132. The van der Waals surface area contributed by atoms with E-state index in [1.54, 1.807) is 18.0 Å². The topological polar surface area (TPSA) is 41.6 Å². The molecule has 20 heavy (non-hydrogen) atoms. The number of carbonyl (C=O) groups is 1. The Bertz CT molecular complexity index is 491. The largest absolute Gasteiger partial charge is 0.480 e. The minimum atomic E-state index is -0.376. The fraction of sp³-hybridized carbons (Fsp3) is 0.533. The van der Waals surface area contributed by atoms with E-state index in [0.717, 1.165) is 24.3 Å². The molecule has 1 heterocycles. The molecule has 1 amide bonds. The van der Waals surface area contributed by atoms with Crippen LogP contribution in [-0.4, -0.2) is 36.5 Å². The molecule has 0 spiro atoms. The summed E-state index contributed by atoms with van der Waals surface area (Å²) in [6.45, 7) is 5.59. The van der Waals surface area contributed by atoms with E-state index < -0.39 is 0 Å². The van der Waals surface area contributed by atoms with Gasteiger partial charge in [0.15, 0.2) is 6.10 Å². The third kappa shape index (κ3) is 3.64. The van der Waals surface area contributed by atoms with E-state index in [-0.39, 0.29) is 12.0 Å². The summed E-state index contributed by atoms with van der Waals surface area (Å²) in [4.78, 5) is 13.6. The van der Waals surface area contributed by atoms with Crippen molar-refractivity contribution >= 4 is 17.5 Å². The first kappa shape index (κ1) is 15.1. The lowest BCUT2D eigenvalue weighted by Gasteiger charge is -2.17. The zero-order chi connectivity index (χ0) is 14.7. The van der Waals surface area contributed by atoms with Crippen LogP contribution in [0.4, 0.5) is 0 Å². The highest BCUT2D eigenvalue weighted by Crippen LogP contribution is 2.26. The van der Waals surface area contributed by atoms with Crippen LogP contribution in [0.2, 0.25) is 5.02 Å². The first-order valence-electron chi connectivity index (χ1n) is 6.91. The van der Waals surface area contributed by atoms with Crippen LogP contribution in [0.3, 0.4) is 0 Å². The monoisotopic (exact) mass is 296 g/mol. The molecule has 5 heteroatoms. The van der Waals surface area contributed by atoms with Crippen LogP contribution in [0.25, 0.3) is 0 Å². The SMILES string of the molecule is CC(C)NCc1cc(Cl)ccc1OC1CCN(C)C1=O. The highest BCUT2D eigenvalue weighted by atomic mass is 35.5. The normalized spacial score (nSPS) is 18.9. The summed E-state index contributed by atoms with van der Waals surface area (Å²) in [5.74, 6) is 0.777. The molecule has 1 aromatic rings. The van der Waals surface area contributed by atoms with Crippen LogP contribution in [0, 0.1) is 0 Å². The van der Waals surface area contributed by atoms with Gasteiger partial charge in [0.2, 0.25) is 0 Å². The highest BCUT2D eigenvalue weighted by molar-refractivity contribution is 6.30. The van der Waals surface area contributed by atoms with Gasteiger partial charge in [0.25, 0.3) is 5.91 Å². The Hall–Kier alpha value is -1.26. The molecule has 0 radical (unpaired) electrons. The molecule has 0 aliphatic carbocycles. The lowest BCUT2D eigenvalue weighted by atomic mass is 10.2. The number of halogens is 1. The second kappa shape index (κ2) is 6.46. The molecule has 1 aliphatic rings. The number of benzene rings is 1. The first-order chi connectivity index (χ1) is 9.47. The highest BCUT2D eigenvalue weighted by Gasteiger charge is 2.31. The number of ether oxygens (including phenoxy) is 1. The molecule has 2 rings (SSSR count). The number of nitrogens with one attached hydrogen (secondary N) is 1. The Morgan fingerprint density at radius 3 is 2.85 bits per heavy atom. The summed E-state index contributed by atoms with van der Waals surface area (Å²) in [6.07, 6.45) is 0.355. The lowest BCUT2D eigenvalue weighted by Crippen LogP contribution is -2.30. The minimum Gasteiger partial charge on any atom is -0.480 e. The van der Waals surface area contributed by atoms with Crippen LogP contribution in [0.1, 0.15) is 25.8 Å². The van der Waals surface area contributed by atoms with Crippen LogP contribution in [0.15, 0.2) is 18.2 Å². The van der Waals surface area contributed by atoms with Crippen molar-refractivity contribution in [1.82, 2.24) is 10.2 Å². The van der Waals surface area contributed by atoms with E-state index in [0.29, 0.717) is 17.6 Å². The van der Waals surface area contributed by atoms with Crippen LogP contribution < -0.4 is 10.1 Å². The van der Waals surface area contributed by atoms with Crippen molar-refractivity contribution in [2.75, 3.05) is 13.6 Å². The summed E-state index contributed by atoms with van der Waals surface area (Å²) in [5.41, 5.74) is 0.980. The van der Waals surface area contributed by atoms with Crippen molar-refractivity contribution in [3.05, 3.63) is 28.8 Å². The molecule has 1 aromatic carbocycles. The zero-order valence-electron chi connectivity index (χ0n) is 12.1. The van der Waals surface area contributed by atoms with Gasteiger partial charge in [-0.15, -0.1) is 0 Å². The first-order valence-corrected chi connectivity index (χ1v) is 7.28. The third-order valence-electron chi connectivity index (χ3n) is 3.37. The molecule has 1 atom stereocenters. The molecule has 0 aromatic heterocycles. The van der Waals surface area contributed by atoms with Crippen molar-refractivity contribution in [3.8, 4) is 5.75 Å². The molecule has 1 aliphatic heterocycles. The average molecular weight is 297 g/mol. The maximum absolute atomic E-state index is 11.9. The Labute approximate surface area is 125 Å². The molecule has 1 fully saturated rings. The van der Waals surface area contributed by atoms with Crippen molar-refractivity contribution < 1.29 is 9.53 Å². The number of hydrogen-bond acceptors (Lipinski definition) is 3. The third-order valence-corrected chi connectivity index (χ3v) is 3.61. The van der Waals surface area contributed by atoms with Crippen LogP contribution >= 0.6 is 11.6 Å². The number of nitrogens with zero attached hydrogens (tertiary/aromatic N) is 1. The van der Waals surface area contributed by atoms with Gasteiger partial charge in [0.1, 0.15) is 5.75 Å². The van der Waals surface area contributed by atoms with Crippen molar-refractivity contribution in [2.45, 2.75) is 39.0 Å². The van der Waals surface area contributed by atoms with Gasteiger partial charge in [-0.05, 0) is 18.2 Å². The second-order valence-electron chi connectivity index (χ2n) is 5.44. The Morgan fingerprint density at radius 2 is 2.25 bits per heavy atom. The van der Waals surface area contributed by atoms with Crippen LogP contribution in [-0.2, 0) is 11.3 Å². The minimum absolute atomic E-state index is 0.0442.